The maximum atomic E-state index is 12.6. The fourth-order valence-corrected chi connectivity index (χ4v) is 5.25. The van der Waals surface area contributed by atoms with Crippen LogP contribution in [0, 0.1) is 0 Å². The average Bonchev–Trinajstić information content (AvgIpc) is 3.14. The van der Waals surface area contributed by atoms with Gasteiger partial charge in [0, 0.05) is 18.6 Å². The minimum Gasteiger partial charge on any atom is -0.477 e. The number of halogens is 1. The predicted octanol–water partition coefficient (Wildman–Crippen LogP) is -1.32. The van der Waals surface area contributed by atoms with Crippen LogP contribution in [0.2, 0.25) is 0 Å². The Balaban J connectivity index is 1.75. The average molecular weight is 476 g/mol. The molecule has 1 aromatic rings. The summed E-state index contributed by atoms with van der Waals surface area (Å²) in [5, 5.41) is 34.2. The number of rotatable bonds is 8. The number of hydrogen-bond donors (Lipinski definition) is 3. The number of hydrogen-bond acceptors (Lipinski definition) is 11. The van der Waals surface area contributed by atoms with E-state index in [1.54, 1.807) is 7.05 Å². The summed E-state index contributed by atoms with van der Waals surface area (Å²) in [5.41, 5.74) is -0.491. The fraction of sp³-hybridized carbons (Fsp3) is 0.429. The summed E-state index contributed by atoms with van der Waals surface area (Å²) in [7, 11) is 1.64. The molecule has 1 aromatic heterocycles. The molecule has 2 atom stereocenters. The molecule has 1 unspecified atom stereocenters. The van der Waals surface area contributed by atoms with Gasteiger partial charge >= 0.3 is 5.97 Å². The molecule has 2 aliphatic rings. The number of carboxylic acids is 1. The van der Waals surface area contributed by atoms with Crippen LogP contribution in [0.4, 0.5) is 0 Å². The Bertz CT molecular complexity index is 980. The zero-order chi connectivity index (χ0) is 22.0. The van der Waals surface area contributed by atoms with Gasteiger partial charge in [0.25, 0.3) is 11.8 Å². The molecule has 16 heteroatoms. The van der Waals surface area contributed by atoms with Crippen LogP contribution in [0.15, 0.2) is 21.6 Å². The van der Waals surface area contributed by atoms with Crippen molar-refractivity contribution in [2.24, 2.45) is 12.2 Å². The summed E-state index contributed by atoms with van der Waals surface area (Å²) >= 11 is 7.83. The molecule has 1 fully saturated rings. The number of tetrazole rings is 1. The van der Waals surface area contributed by atoms with Gasteiger partial charge in [-0.1, -0.05) is 16.9 Å². The lowest BCUT2D eigenvalue weighted by atomic mass is 10.0. The van der Waals surface area contributed by atoms with Crippen molar-refractivity contribution in [3.8, 4) is 0 Å². The zero-order valence-corrected chi connectivity index (χ0v) is 17.6. The number of carboxylic acid groups (broad SMARTS) is 1. The molecule has 0 radical (unpaired) electrons. The summed E-state index contributed by atoms with van der Waals surface area (Å²) in [6, 6.07) is -1.08. The van der Waals surface area contributed by atoms with Gasteiger partial charge in [-0.15, -0.1) is 28.5 Å². The van der Waals surface area contributed by atoms with Crippen LogP contribution < -0.4 is 5.32 Å². The Morgan fingerprint density at radius 3 is 2.73 bits per heavy atom. The molecule has 0 aliphatic carbocycles. The Morgan fingerprint density at radius 1 is 1.43 bits per heavy atom. The summed E-state index contributed by atoms with van der Waals surface area (Å²) in [5.74, 6) is -3.95. The summed E-state index contributed by atoms with van der Waals surface area (Å²) in [6.45, 7) is 0. The van der Waals surface area contributed by atoms with E-state index in [1.165, 1.54) is 28.2 Å². The minimum atomic E-state index is -1.28. The summed E-state index contributed by atoms with van der Waals surface area (Å²) in [4.78, 5) is 49.1. The Labute approximate surface area is 181 Å². The third-order valence-corrected chi connectivity index (χ3v) is 6.87. The van der Waals surface area contributed by atoms with E-state index in [0.29, 0.717) is 16.5 Å². The second kappa shape index (κ2) is 9.01. The number of amides is 2. The van der Waals surface area contributed by atoms with E-state index in [4.69, 9.17) is 16.8 Å². The van der Waals surface area contributed by atoms with Crippen LogP contribution in [0.25, 0.3) is 0 Å². The van der Waals surface area contributed by atoms with Crippen LogP contribution >= 0.6 is 35.1 Å². The topological polar surface area (TPSA) is 180 Å². The summed E-state index contributed by atoms with van der Waals surface area (Å²) < 4.78 is 1.44. The predicted molar refractivity (Wildman–Crippen MR) is 104 cm³/mol. The van der Waals surface area contributed by atoms with Gasteiger partial charge in [0.15, 0.2) is 0 Å². The number of aryl methyl sites for hydroxylation is 1. The highest BCUT2D eigenvalue weighted by Crippen LogP contribution is 2.41. The number of Topliss-reactive ketones (excluding diaryl/α,β-unsaturated/α-hetero) is 1. The highest BCUT2D eigenvalue weighted by molar-refractivity contribution is 8.01. The lowest BCUT2D eigenvalue weighted by Crippen LogP contribution is -2.71. The molecule has 13 nitrogen and oxygen atoms in total. The second-order valence-corrected chi connectivity index (χ2v) is 8.31. The highest BCUT2D eigenvalue weighted by Gasteiger charge is 2.54. The normalized spacial score (nSPS) is 21.2. The number of carbonyl (C=O) groups is 4. The van der Waals surface area contributed by atoms with Gasteiger partial charge in [-0.05, 0) is 16.0 Å². The number of β-lactam (4-membered cyclic amide) rings is 1. The van der Waals surface area contributed by atoms with Crippen molar-refractivity contribution in [3.05, 3.63) is 11.3 Å². The number of aliphatic carboxylic acids is 1. The number of nitrogens with zero attached hydrogens (tertiary/aromatic N) is 6. The van der Waals surface area contributed by atoms with Crippen LogP contribution in [0.3, 0.4) is 0 Å². The van der Waals surface area contributed by atoms with Crippen LogP contribution in [-0.2, 0) is 26.2 Å². The lowest BCUT2D eigenvalue weighted by Gasteiger charge is -2.49. The molecule has 0 bridgehead atoms. The molecule has 160 valence electrons. The minimum absolute atomic E-state index is 0.162. The van der Waals surface area contributed by atoms with Crippen molar-refractivity contribution in [2.45, 2.75) is 16.6 Å². The van der Waals surface area contributed by atoms with E-state index in [9.17, 15) is 24.3 Å². The largest absolute Gasteiger partial charge is 0.477 e. The number of thioether (sulfide) groups is 2. The highest BCUT2D eigenvalue weighted by atomic mass is 35.5. The molecule has 0 spiro atoms. The third kappa shape index (κ3) is 3.99. The van der Waals surface area contributed by atoms with E-state index in [2.05, 4.69) is 26.0 Å². The number of oxime groups is 1. The van der Waals surface area contributed by atoms with Crippen molar-refractivity contribution in [1.29, 1.82) is 0 Å². The first-order valence-corrected chi connectivity index (χ1v) is 10.7. The molecular weight excluding hydrogens is 462 g/mol. The first kappa shape index (κ1) is 22.0. The molecule has 30 heavy (non-hydrogen) atoms. The van der Waals surface area contributed by atoms with Crippen LogP contribution in [0.5, 0.6) is 0 Å². The number of aromatic nitrogens is 4. The van der Waals surface area contributed by atoms with E-state index in [0.717, 1.165) is 4.90 Å². The first-order chi connectivity index (χ1) is 14.3. The van der Waals surface area contributed by atoms with E-state index in [-0.39, 0.29) is 11.4 Å². The van der Waals surface area contributed by atoms with Crippen LogP contribution in [-0.4, -0.2) is 93.5 Å². The third-order valence-electron chi connectivity index (χ3n) is 4.19. The van der Waals surface area contributed by atoms with Gasteiger partial charge in [0.05, 0.1) is 5.88 Å². The standard InChI is InChI=1S/C14H14ClN7O6S2/c1-21-14(17-19-20-21)30-4-5-3-29-12-8(11(25)22(12)9(5)13(26)27)16-10(24)7(18-28)6(23)2-15/h8,12,28H,2-4H2,1H3,(H,16,24)(H,26,27)/b18-7-/t8?,12-/m1/s1. The van der Waals surface area contributed by atoms with Crippen molar-refractivity contribution in [1.82, 2.24) is 30.4 Å². The van der Waals surface area contributed by atoms with Crippen molar-refractivity contribution in [3.63, 3.8) is 0 Å². The Kier molecular flexibility index (Phi) is 6.62. The maximum absolute atomic E-state index is 12.6. The molecule has 2 amide bonds. The van der Waals surface area contributed by atoms with Gasteiger partial charge in [0.1, 0.15) is 17.1 Å². The summed E-state index contributed by atoms with van der Waals surface area (Å²) in [6.07, 6.45) is 0. The zero-order valence-electron chi connectivity index (χ0n) is 15.2. The van der Waals surface area contributed by atoms with Gasteiger partial charge in [-0.3, -0.25) is 19.3 Å². The van der Waals surface area contributed by atoms with E-state index in [1.807, 2.05) is 0 Å². The fourth-order valence-electron chi connectivity index (χ4n) is 2.79. The van der Waals surface area contributed by atoms with Gasteiger partial charge in [-0.2, -0.15) is 0 Å². The number of alkyl halides is 1. The molecular formula is C14H14ClN7O6S2. The number of ketones is 1. The molecule has 2 aliphatic heterocycles. The molecule has 0 aromatic carbocycles. The van der Waals surface area contributed by atoms with E-state index >= 15 is 0 Å². The number of nitrogens with one attached hydrogen (secondary N) is 1. The molecule has 1 saturated heterocycles. The van der Waals surface area contributed by atoms with Crippen molar-refractivity contribution >= 4 is 64.4 Å². The number of carbonyl (C=O) groups excluding carboxylic acids is 3. The number of fused-ring (bicyclic) bond motifs is 1. The van der Waals surface area contributed by atoms with Gasteiger partial charge in [-0.25, -0.2) is 9.48 Å². The SMILES string of the molecule is Cn1nnnc1SCC1=C(C(=O)O)N2C(=O)C(NC(=O)/C(=N\O)C(=O)CCl)[C@H]2SC1. The lowest BCUT2D eigenvalue weighted by molar-refractivity contribution is -0.150. The second-order valence-electron chi connectivity index (χ2n) is 6.00. The maximum Gasteiger partial charge on any atom is 0.352 e. The van der Waals surface area contributed by atoms with Gasteiger partial charge in [0.2, 0.25) is 16.7 Å². The molecule has 3 heterocycles. The van der Waals surface area contributed by atoms with Crippen molar-refractivity contribution in [2.75, 3.05) is 17.4 Å². The van der Waals surface area contributed by atoms with Crippen molar-refractivity contribution < 1.29 is 29.5 Å². The molecule has 3 N–H and O–H groups in total. The quantitative estimate of drug-likeness (QED) is 0.0771. The van der Waals surface area contributed by atoms with Crippen LogP contribution in [0.1, 0.15) is 0 Å². The van der Waals surface area contributed by atoms with E-state index < -0.39 is 46.6 Å². The Hall–Kier alpha value is -2.65. The van der Waals surface area contributed by atoms with Gasteiger partial charge < -0.3 is 15.6 Å². The smallest absolute Gasteiger partial charge is 0.352 e. The Morgan fingerprint density at radius 2 is 2.17 bits per heavy atom. The molecule has 0 saturated carbocycles. The first-order valence-electron chi connectivity index (χ1n) is 8.17. The molecule has 3 rings (SSSR count). The monoisotopic (exact) mass is 475 g/mol.